The lowest BCUT2D eigenvalue weighted by atomic mass is 9.90. The first kappa shape index (κ1) is 11.9. The monoisotopic (exact) mass is 239 g/mol. The van der Waals surface area contributed by atoms with Crippen LogP contribution < -0.4 is 5.32 Å². The molecule has 1 saturated heterocycles. The van der Waals surface area contributed by atoms with Crippen LogP contribution in [0, 0.1) is 0 Å². The van der Waals surface area contributed by atoms with Crippen molar-refractivity contribution in [2.45, 2.75) is 25.4 Å². The molecule has 2 nitrogen and oxygen atoms in total. The maximum Gasteiger partial charge on any atom is 0.0727 e. The van der Waals surface area contributed by atoms with E-state index >= 15 is 0 Å². The summed E-state index contributed by atoms with van der Waals surface area (Å²) in [4.78, 5) is 0. The smallest absolute Gasteiger partial charge is 0.0727 e. The summed E-state index contributed by atoms with van der Waals surface area (Å²) in [6.07, 6.45) is 2.42. The standard InChI is InChI=1S/C13H18ClNO/c1-16-9-12-3-2-11(8-13(12)14)10-4-6-15-7-5-10/h2-3,8,10,15H,4-7,9H2,1H3. The summed E-state index contributed by atoms with van der Waals surface area (Å²) in [6.45, 7) is 2.82. The molecule has 16 heavy (non-hydrogen) atoms. The Morgan fingerprint density at radius 1 is 1.38 bits per heavy atom. The fraction of sp³-hybridized carbons (Fsp3) is 0.538. The van der Waals surface area contributed by atoms with Crippen molar-refractivity contribution >= 4 is 11.6 Å². The summed E-state index contributed by atoms with van der Waals surface area (Å²) < 4.78 is 5.10. The van der Waals surface area contributed by atoms with E-state index in [2.05, 4.69) is 23.5 Å². The van der Waals surface area contributed by atoms with Gasteiger partial charge in [-0.25, -0.2) is 0 Å². The molecule has 1 aliphatic rings. The third kappa shape index (κ3) is 2.76. The molecule has 0 atom stereocenters. The van der Waals surface area contributed by atoms with Gasteiger partial charge in [-0.2, -0.15) is 0 Å². The van der Waals surface area contributed by atoms with E-state index in [0.717, 1.165) is 23.7 Å². The summed E-state index contributed by atoms with van der Waals surface area (Å²) in [5.41, 5.74) is 2.44. The maximum absolute atomic E-state index is 6.23. The van der Waals surface area contributed by atoms with Crippen LogP contribution >= 0.6 is 11.6 Å². The van der Waals surface area contributed by atoms with Gasteiger partial charge in [0.25, 0.3) is 0 Å². The molecule has 3 heteroatoms. The van der Waals surface area contributed by atoms with Crippen LogP contribution in [0.5, 0.6) is 0 Å². The molecule has 0 spiro atoms. The van der Waals surface area contributed by atoms with Gasteiger partial charge in [0.1, 0.15) is 0 Å². The van der Waals surface area contributed by atoms with Gasteiger partial charge in [-0.3, -0.25) is 0 Å². The van der Waals surface area contributed by atoms with Gasteiger partial charge < -0.3 is 10.1 Å². The number of methoxy groups -OCH3 is 1. The van der Waals surface area contributed by atoms with Crippen LogP contribution in [-0.4, -0.2) is 20.2 Å². The molecule has 1 aromatic rings. The minimum atomic E-state index is 0.589. The molecular weight excluding hydrogens is 222 g/mol. The largest absolute Gasteiger partial charge is 0.380 e. The Hall–Kier alpha value is -0.570. The van der Waals surface area contributed by atoms with Gasteiger partial charge >= 0.3 is 0 Å². The number of piperidine rings is 1. The highest BCUT2D eigenvalue weighted by atomic mass is 35.5. The second kappa shape index (κ2) is 5.67. The highest BCUT2D eigenvalue weighted by molar-refractivity contribution is 6.31. The zero-order valence-corrected chi connectivity index (χ0v) is 10.4. The Balaban J connectivity index is 2.13. The van der Waals surface area contributed by atoms with Crippen LogP contribution in [0.2, 0.25) is 5.02 Å². The molecular formula is C13H18ClNO. The lowest BCUT2D eigenvalue weighted by Gasteiger charge is -2.23. The van der Waals surface area contributed by atoms with Crippen LogP contribution in [0.3, 0.4) is 0 Å². The summed E-state index contributed by atoms with van der Waals surface area (Å²) >= 11 is 6.23. The average molecular weight is 240 g/mol. The van der Waals surface area contributed by atoms with Crippen molar-refractivity contribution in [2.24, 2.45) is 0 Å². The van der Waals surface area contributed by atoms with Crippen molar-refractivity contribution in [3.63, 3.8) is 0 Å². The van der Waals surface area contributed by atoms with Gasteiger partial charge in [0.15, 0.2) is 0 Å². The Kier molecular flexibility index (Phi) is 4.22. The quantitative estimate of drug-likeness (QED) is 0.876. The second-order valence-corrected chi connectivity index (χ2v) is 4.72. The SMILES string of the molecule is COCc1ccc(C2CCNCC2)cc1Cl. The van der Waals surface area contributed by atoms with Gasteiger partial charge in [0.2, 0.25) is 0 Å². The van der Waals surface area contributed by atoms with Crippen molar-refractivity contribution in [3.8, 4) is 0 Å². The van der Waals surface area contributed by atoms with Crippen LogP contribution in [0.1, 0.15) is 29.9 Å². The minimum absolute atomic E-state index is 0.589. The Bertz CT molecular complexity index is 348. The summed E-state index contributed by atoms with van der Waals surface area (Å²) in [6, 6.07) is 6.38. The van der Waals surface area contributed by atoms with Gasteiger partial charge in [-0.05, 0) is 49.0 Å². The van der Waals surface area contributed by atoms with Gasteiger partial charge in [-0.15, -0.1) is 0 Å². The van der Waals surface area contributed by atoms with Crippen molar-refractivity contribution in [3.05, 3.63) is 34.3 Å². The molecule has 1 heterocycles. The van der Waals surface area contributed by atoms with Crippen LogP contribution in [0.25, 0.3) is 0 Å². The zero-order valence-electron chi connectivity index (χ0n) is 9.63. The van der Waals surface area contributed by atoms with Crippen molar-refractivity contribution < 1.29 is 4.74 Å². The predicted octanol–water partition coefficient (Wildman–Crippen LogP) is 2.95. The molecule has 0 bridgehead atoms. The fourth-order valence-electron chi connectivity index (χ4n) is 2.25. The summed E-state index contributed by atoms with van der Waals surface area (Å²) in [5, 5.41) is 4.21. The number of hydrogen-bond donors (Lipinski definition) is 1. The highest BCUT2D eigenvalue weighted by Gasteiger charge is 2.15. The van der Waals surface area contributed by atoms with E-state index in [-0.39, 0.29) is 0 Å². The van der Waals surface area contributed by atoms with Gasteiger partial charge in [0, 0.05) is 12.1 Å². The Labute approximate surface area is 102 Å². The Morgan fingerprint density at radius 3 is 2.75 bits per heavy atom. The van der Waals surface area contributed by atoms with E-state index in [9.17, 15) is 0 Å². The average Bonchev–Trinajstić information content (AvgIpc) is 2.33. The number of ether oxygens (including phenoxy) is 1. The molecule has 0 aliphatic carbocycles. The molecule has 2 rings (SSSR count). The number of halogens is 1. The molecule has 0 aromatic heterocycles. The molecule has 0 amide bonds. The topological polar surface area (TPSA) is 21.3 Å². The lowest BCUT2D eigenvalue weighted by Crippen LogP contribution is -2.26. The molecule has 0 saturated carbocycles. The molecule has 0 radical (unpaired) electrons. The number of hydrogen-bond acceptors (Lipinski definition) is 2. The third-order valence-corrected chi connectivity index (χ3v) is 3.54. The molecule has 1 fully saturated rings. The van der Waals surface area contributed by atoms with Gasteiger partial charge in [0.05, 0.1) is 6.61 Å². The first-order valence-electron chi connectivity index (χ1n) is 5.79. The lowest BCUT2D eigenvalue weighted by molar-refractivity contribution is 0.185. The van der Waals surface area contributed by atoms with Crippen molar-refractivity contribution in [2.75, 3.05) is 20.2 Å². The van der Waals surface area contributed by atoms with Crippen LogP contribution in [0.15, 0.2) is 18.2 Å². The molecule has 0 unspecified atom stereocenters. The van der Waals surface area contributed by atoms with Gasteiger partial charge in [-0.1, -0.05) is 23.7 Å². The van der Waals surface area contributed by atoms with E-state index < -0.39 is 0 Å². The van der Waals surface area contributed by atoms with E-state index in [1.807, 2.05) is 0 Å². The molecule has 1 N–H and O–H groups in total. The van der Waals surface area contributed by atoms with Crippen LogP contribution in [-0.2, 0) is 11.3 Å². The van der Waals surface area contributed by atoms with Crippen molar-refractivity contribution in [1.82, 2.24) is 5.32 Å². The minimum Gasteiger partial charge on any atom is -0.380 e. The first-order valence-corrected chi connectivity index (χ1v) is 6.17. The van der Waals surface area contributed by atoms with E-state index in [1.165, 1.54) is 18.4 Å². The summed E-state index contributed by atoms with van der Waals surface area (Å²) in [5.74, 6) is 0.662. The number of benzene rings is 1. The Morgan fingerprint density at radius 2 is 2.12 bits per heavy atom. The van der Waals surface area contributed by atoms with E-state index in [4.69, 9.17) is 16.3 Å². The fourth-order valence-corrected chi connectivity index (χ4v) is 2.49. The first-order chi connectivity index (χ1) is 7.81. The van der Waals surface area contributed by atoms with Crippen LogP contribution in [0.4, 0.5) is 0 Å². The number of rotatable bonds is 3. The molecule has 1 aromatic carbocycles. The molecule has 88 valence electrons. The number of nitrogens with one attached hydrogen (secondary N) is 1. The summed E-state index contributed by atoms with van der Waals surface area (Å²) in [7, 11) is 1.69. The highest BCUT2D eigenvalue weighted by Crippen LogP contribution is 2.29. The van der Waals surface area contributed by atoms with E-state index in [0.29, 0.717) is 12.5 Å². The second-order valence-electron chi connectivity index (χ2n) is 4.31. The normalized spacial score (nSPS) is 17.6. The zero-order chi connectivity index (χ0) is 11.4. The maximum atomic E-state index is 6.23. The third-order valence-electron chi connectivity index (χ3n) is 3.19. The predicted molar refractivity (Wildman–Crippen MR) is 67.0 cm³/mol. The van der Waals surface area contributed by atoms with E-state index in [1.54, 1.807) is 7.11 Å². The van der Waals surface area contributed by atoms with Crippen molar-refractivity contribution in [1.29, 1.82) is 0 Å². The molecule has 1 aliphatic heterocycles.